The molecule has 0 aromatic carbocycles. The molecule has 2 N–H and O–H groups in total. The Morgan fingerprint density at radius 1 is 1.20 bits per heavy atom. The van der Waals surface area contributed by atoms with Crippen LogP contribution < -0.4 is 10.6 Å². The largest absolute Gasteiger partial charge is 0.355 e. The molecule has 0 radical (unpaired) electrons. The van der Waals surface area contributed by atoms with Crippen LogP contribution in [0.2, 0.25) is 0 Å². The van der Waals surface area contributed by atoms with Gasteiger partial charge in [-0.1, -0.05) is 0 Å². The van der Waals surface area contributed by atoms with Gasteiger partial charge in [0.15, 0.2) is 0 Å². The molecule has 2 heterocycles. The molecule has 1 amide bonds. The number of carbonyl (C=O) groups excluding carboxylic acids is 1. The lowest BCUT2D eigenvalue weighted by Gasteiger charge is -2.38. The summed E-state index contributed by atoms with van der Waals surface area (Å²) in [6.45, 7) is 8.26. The highest BCUT2D eigenvalue weighted by atomic mass is 35.5. The molecule has 120 valence electrons. The van der Waals surface area contributed by atoms with Crippen molar-refractivity contribution in [3.05, 3.63) is 0 Å². The van der Waals surface area contributed by atoms with Gasteiger partial charge in [0, 0.05) is 26.6 Å². The maximum atomic E-state index is 10.9. The quantitative estimate of drug-likeness (QED) is 0.826. The number of nitrogens with one attached hydrogen (secondary N) is 2. The van der Waals surface area contributed by atoms with Crippen molar-refractivity contribution in [2.75, 3.05) is 39.3 Å². The highest BCUT2D eigenvalue weighted by Gasteiger charge is 2.27. The number of rotatable bonds is 4. The third kappa shape index (κ3) is 6.61. The molecule has 4 nitrogen and oxygen atoms in total. The molecule has 2 saturated heterocycles. The van der Waals surface area contributed by atoms with Crippen LogP contribution in [0.15, 0.2) is 0 Å². The van der Waals surface area contributed by atoms with Crippen LogP contribution in [0.4, 0.5) is 0 Å². The van der Waals surface area contributed by atoms with Crippen molar-refractivity contribution in [1.82, 2.24) is 15.5 Å². The first-order valence-corrected chi connectivity index (χ1v) is 7.43. The molecule has 0 bridgehead atoms. The molecule has 0 aliphatic carbocycles. The molecule has 6 heteroatoms. The van der Waals surface area contributed by atoms with Gasteiger partial charge in [0.1, 0.15) is 0 Å². The Bertz CT molecular complexity index is 273. The van der Waals surface area contributed by atoms with Gasteiger partial charge in [-0.25, -0.2) is 0 Å². The van der Waals surface area contributed by atoms with E-state index in [0.29, 0.717) is 0 Å². The van der Waals surface area contributed by atoms with Gasteiger partial charge in [0.25, 0.3) is 0 Å². The van der Waals surface area contributed by atoms with E-state index in [9.17, 15) is 4.79 Å². The molecule has 20 heavy (non-hydrogen) atoms. The summed E-state index contributed by atoms with van der Waals surface area (Å²) in [5.74, 6) is 1.90. The van der Waals surface area contributed by atoms with Gasteiger partial charge in [-0.15, -0.1) is 24.8 Å². The van der Waals surface area contributed by atoms with Crippen molar-refractivity contribution in [3.63, 3.8) is 0 Å². The highest BCUT2D eigenvalue weighted by Crippen LogP contribution is 2.29. The zero-order chi connectivity index (χ0) is 12.8. The smallest absolute Gasteiger partial charge is 0.216 e. The summed E-state index contributed by atoms with van der Waals surface area (Å²) in [5, 5.41) is 6.35. The minimum absolute atomic E-state index is 0. The predicted octanol–water partition coefficient (Wildman–Crippen LogP) is 1.68. The third-order valence-corrected chi connectivity index (χ3v) is 4.39. The summed E-state index contributed by atoms with van der Waals surface area (Å²) in [4.78, 5) is 13.4. The lowest BCUT2D eigenvalue weighted by atomic mass is 9.80. The standard InChI is InChI=1S/C14H27N3O.2ClH/c1-12(18)16-8-10-17-9-2-3-14(11-17)13-4-6-15-7-5-13;;/h13-15H,2-11H2,1H3,(H,16,18);2*1H. The summed E-state index contributed by atoms with van der Waals surface area (Å²) in [6.07, 6.45) is 5.43. The summed E-state index contributed by atoms with van der Waals surface area (Å²) >= 11 is 0. The number of carbonyl (C=O) groups is 1. The zero-order valence-electron chi connectivity index (χ0n) is 12.4. The fourth-order valence-electron chi connectivity index (χ4n) is 3.38. The van der Waals surface area contributed by atoms with Gasteiger partial charge >= 0.3 is 0 Å². The fraction of sp³-hybridized carbons (Fsp3) is 0.929. The second-order valence-corrected chi connectivity index (χ2v) is 5.77. The number of halogens is 2. The van der Waals surface area contributed by atoms with Gasteiger partial charge < -0.3 is 15.5 Å². The molecule has 1 unspecified atom stereocenters. The Balaban J connectivity index is 0.00000180. The molecule has 1 atom stereocenters. The Kier molecular flexibility index (Phi) is 10.6. The van der Waals surface area contributed by atoms with Crippen LogP contribution in [-0.4, -0.2) is 50.1 Å². The fourth-order valence-corrected chi connectivity index (χ4v) is 3.38. The number of hydrogen-bond donors (Lipinski definition) is 2. The SMILES string of the molecule is CC(=O)NCCN1CCCC(C2CCNCC2)C1.Cl.Cl. The first-order chi connectivity index (χ1) is 8.75. The Labute approximate surface area is 135 Å². The highest BCUT2D eigenvalue weighted by molar-refractivity contribution is 5.85. The topological polar surface area (TPSA) is 44.4 Å². The van der Waals surface area contributed by atoms with Crippen LogP contribution in [0, 0.1) is 11.8 Å². The first kappa shape index (κ1) is 20.0. The summed E-state index contributed by atoms with van der Waals surface area (Å²) in [7, 11) is 0. The minimum atomic E-state index is 0. The lowest BCUT2D eigenvalue weighted by molar-refractivity contribution is -0.119. The predicted molar refractivity (Wildman–Crippen MR) is 87.9 cm³/mol. The summed E-state index contributed by atoms with van der Waals surface area (Å²) in [5.41, 5.74) is 0. The van der Waals surface area contributed by atoms with Gasteiger partial charge in [0.2, 0.25) is 5.91 Å². The van der Waals surface area contributed by atoms with Gasteiger partial charge in [-0.3, -0.25) is 4.79 Å². The molecular weight excluding hydrogens is 297 g/mol. The number of hydrogen-bond acceptors (Lipinski definition) is 3. The van der Waals surface area contributed by atoms with E-state index < -0.39 is 0 Å². The van der Waals surface area contributed by atoms with Crippen LogP contribution >= 0.6 is 24.8 Å². The minimum Gasteiger partial charge on any atom is -0.355 e. The molecule has 2 aliphatic rings. The Hall–Kier alpha value is -0.0300. The molecular formula is C14H29Cl2N3O. The maximum Gasteiger partial charge on any atom is 0.216 e. The average molecular weight is 326 g/mol. The summed E-state index contributed by atoms with van der Waals surface area (Å²) < 4.78 is 0. The number of amides is 1. The molecule has 2 fully saturated rings. The van der Waals surface area contributed by atoms with E-state index in [4.69, 9.17) is 0 Å². The van der Waals surface area contributed by atoms with Crippen LogP contribution in [0.5, 0.6) is 0 Å². The second kappa shape index (κ2) is 10.7. The molecule has 0 spiro atoms. The zero-order valence-corrected chi connectivity index (χ0v) is 14.0. The van der Waals surface area contributed by atoms with Gasteiger partial charge in [-0.2, -0.15) is 0 Å². The summed E-state index contributed by atoms with van der Waals surface area (Å²) in [6, 6.07) is 0. The van der Waals surface area contributed by atoms with Gasteiger partial charge in [0.05, 0.1) is 0 Å². The second-order valence-electron chi connectivity index (χ2n) is 5.77. The third-order valence-electron chi connectivity index (χ3n) is 4.39. The average Bonchev–Trinajstić information content (AvgIpc) is 2.40. The monoisotopic (exact) mass is 325 g/mol. The van der Waals surface area contributed by atoms with Crippen molar-refractivity contribution in [2.24, 2.45) is 11.8 Å². The van der Waals surface area contributed by atoms with Crippen LogP contribution in [0.3, 0.4) is 0 Å². The van der Waals surface area contributed by atoms with E-state index in [2.05, 4.69) is 15.5 Å². The molecule has 0 aromatic rings. The van der Waals surface area contributed by atoms with Crippen molar-refractivity contribution in [3.8, 4) is 0 Å². The van der Waals surface area contributed by atoms with E-state index in [0.717, 1.165) is 24.9 Å². The van der Waals surface area contributed by atoms with E-state index >= 15 is 0 Å². The van der Waals surface area contributed by atoms with Crippen LogP contribution in [0.1, 0.15) is 32.6 Å². The maximum absolute atomic E-state index is 10.9. The van der Waals surface area contributed by atoms with E-state index in [1.165, 1.54) is 51.9 Å². The van der Waals surface area contributed by atoms with Gasteiger partial charge in [-0.05, 0) is 57.2 Å². The van der Waals surface area contributed by atoms with Crippen molar-refractivity contribution < 1.29 is 4.79 Å². The first-order valence-electron chi connectivity index (χ1n) is 7.43. The van der Waals surface area contributed by atoms with Crippen molar-refractivity contribution in [1.29, 1.82) is 0 Å². The van der Waals surface area contributed by atoms with E-state index in [1.807, 2.05) is 0 Å². The normalized spacial score (nSPS) is 24.4. The lowest BCUT2D eigenvalue weighted by Crippen LogP contribution is -2.44. The molecule has 2 rings (SSSR count). The number of piperidine rings is 2. The number of nitrogens with zero attached hydrogens (tertiary/aromatic N) is 1. The molecule has 0 aromatic heterocycles. The van der Waals surface area contributed by atoms with Crippen LogP contribution in [0.25, 0.3) is 0 Å². The van der Waals surface area contributed by atoms with Crippen molar-refractivity contribution >= 4 is 30.7 Å². The van der Waals surface area contributed by atoms with Crippen molar-refractivity contribution in [2.45, 2.75) is 32.6 Å². The molecule has 2 aliphatic heterocycles. The van der Waals surface area contributed by atoms with E-state index in [1.54, 1.807) is 6.92 Å². The Morgan fingerprint density at radius 3 is 2.55 bits per heavy atom. The number of likely N-dealkylation sites (tertiary alicyclic amines) is 1. The van der Waals surface area contributed by atoms with Crippen LogP contribution in [-0.2, 0) is 4.79 Å². The molecule has 0 saturated carbocycles. The Morgan fingerprint density at radius 2 is 1.90 bits per heavy atom. The van der Waals surface area contributed by atoms with E-state index in [-0.39, 0.29) is 30.7 Å².